The molecule has 0 bridgehead atoms. The van der Waals surface area contributed by atoms with Gasteiger partial charge in [0.15, 0.2) is 0 Å². The molecule has 4 rings (SSSR count). The smallest absolute Gasteiger partial charge is 0.112 e. The first-order chi connectivity index (χ1) is 12.6. The van der Waals surface area contributed by atoms with Crippen LogP contribution >= 0.6 is 0 Å². The van der Waals surface area contributed by atoms with E-state index in [2.05, 4.69) is 18.2 Å². The lowest BCUT2D eigenvalue weighted by Crippen LogP contribution is -2.34. The number of aliphatic hydroxyl groups excluding tert-OH is 4. The first kappa shape index (κ1) is 16.9. The normalized spacial score (nSPS) is 15.4. The predicted molar refractivity (Wildman–Crippen MR) is 103 cm³/mol. The lowest BCUT2D eigenvalue weighted by atomic mass is 9.91. The molecule has 3 atom stereocenters. The van der Waals surface area contributed by atoms with Crippen molar-refractivity contribution in [2.45, 2.75) is 18.3 Å². The Labute approximate surface area is 150 Å². The number of rotatable bonds is 4. The standard InChI is InChI=1S/C22H20O4/c23-12-19(24)22(26)21(25)17-7-3-6-13-8-9-16-10-14-4-1-2-5-15(14)11-18(16)20(13)17/h1-11,19,21-26H,12H2/t19-,21?,22+/m1/s1. The second-order valence-corrected chi connectivity index (χ2v) is 6.62. The summed E-state index contributed by atoms with van der Waals surface area (Å²) in [5.41, 5.74) is 0.531. The zero-order valence-corrected chi connectivity index (χ0v) is 14.1. The Balaban J connectivity index is 2.01. The van der Waals surface area contributed by atoms with Gasteiger partial charge < -0.3 is 20.4 Å². The number of benzene rings is 4. The van der Waals surface area contributed by atoms with Gasteiger partial charge in [-0.2, -0.15) is 0 Å². The molecule has 0 saturated heterocycles. The molecule has 0 fully saturated rings. The van der Waals surface area contributed by atoms with Gasteiger partial charge in [0.1, 0.15) is 18.3 Å². The molecule has 4 aromatic rings. The SMILES string of the molecule is OC[C@@H](O)[C@H](O)C(O)c1cccc2ccc3cc4ccccc4cc3c12. The summed E-state index contributed by atoms with van der Waals surface area (Å²) >= 11 is 0. The summed E-state index contributed by atoms with van der Waals surface area (Å²) in [6.07, 6.45) is -4.18. The molecule has 4 nitrogen and oxygen atoms in total. The van der Waals surface area contributed by atoms with Crippen LogP contribution in [0.25, 0.3) is 32.3 Å². The van der Waals surface area contributed by atoms with Crippen molar-refractivity contribution in [3.05, 3.63) is 72.3 Å². The molecule has 26 heavy (non-hydrogen) atoms. The third-order valence-corrected chi connectivity index (χ3v) is 4.98. The van der Waals surface area contributed by atoms with Crippen LogP contribution < -0.4 is 0 Å². The monoisotopic (exact) mass is 348 g/mol. The highest BCUT2D eigenvalue weighted by Gasteiger charge is 2.27. The highest BCUT2D eigenvalue weighted by atomic mass is 16.4. The molecule has 4 N–H and O–H groups in total. The van der Waals surface area contributed by atoms with E-state index in [4.69, 9.17) is 5.11 Å². The van der Waals surface area contributed by atoms with Crippen molar-refractivity contribution < 1.29 is 20.4 Å². The average Bonchev–Trinajstić information content (AvgIpc) is 2.69. The lowest BCUT2D eigenvalue weighted by molar-refractivity contribution is -0.0772. The highest BCUT2D eigenvalue weighted by Crippen LogP contribution is 2.35. The molecule has 0 aliphatic carbocycles. The van der Waals surface area contributed by atoms with Crippen LogP contribution in [0.15, 0.2) is 66.7 Å². The van der Waals surface area contributed by atoms with Gasteiger partial charge in [0.25, 0.3) is 0 Å². The molecule has 1 unspecified atom stereocenters. The van der Waals surface area contributed by atoms with Crippen molar-refractivity contribution in [2.24, 2.45) is 0 Å². The molecule has 0 amide bonds. The van der Waals surface area contributed by atoms with E-state index in [-0.39, 0.29) is 0 Å². The van der Waals surface area contributed by atoms with E-state index in [0.717, 1.165) is 32.3 Å². The maximum atomic E-state index is 10.6. The second kappa shape index (κ2) is 6.67. The molecule has 132 valence electrons. The number of aliphatic hydroxyl groups is 4. The summed E-state index contributed by atoms with van der Waals surface area (Å²) in [5, 5.41) is 45.6. The predicted octanol–water partition coefficient (Wildman–Crippen LogP) is 2.89. The van der Waals surface area contributed by atoms with E-state index < -0.39 is 24.9 Å². The minimum Gasteiger partial charge on any atom is -0.394 e. The fourth-order valence-electron chi connectivity index (χ4n) is 3.58. The van der Waals surface area contributed by atoms with E-state index in [1.165, 1.54) is 0 Å². The van der Waals surface area contributed by atoms with Crippen LogP contribution in [-0.2, 0) is 0 Å². The third-order valence-electron chi connectivity index (χ3n) is 4.98. The van der Waals surface area contributed by atoms with E-state index in [1.54, 1.807) is 6.07 Å². The minimum absolute atomic E-state index is 0.531. The van der Waals surface area contributed by atoms with Crippen LogP contribution in [0.4, 0.5) is 0 Å². The van der Waals surface area contributed by atoms with Gasteiger partial charge in [-0.25, -0.2) is 0 Å². The van der Waals surface area contributed by atoms with Crippen LogP contribution in [0.2, 0.25) is 0 Å². The largest absolute Gasteiger partial charge is 0.394 e. The Morgan fingerprint density at radius 1 is 0.692 bits per heavy atom. The van der Waals surface area contributed by atoms with Gasteiger partial charge in [-0.3, -0.25) is 0 Å². The zero-order valence-electron chi connectivity index (χ0n) is 14.1. The molecule has 0 heterocycles. The minimum atomic E-state index is -1.47. The van der Waals surface area contributed by atoms with Crippen LogP contribution in [0.5, 0.6) is 0 Å². The molecule has 4 heteroatoms. The molecule has 0 aromatic heterocycles. The summed E-state index contributed by atoms with van der Waals surface area (Å²) in [5.74, 6) is 0. The van der Waals surface area contributed by atoms with Crippen molar-refractivity contribution in [1.82, 2.24) is 0 Å². The van der Waals surface area contributed by atoms with Gasteiger partial charge in [0, 0.05) is 0 Å². The van der Waals surface area contributed by atoms with E-state index in [9.17, 15) is 15.3 Å². The van der Waals surface area contributed by atoms with Gasteiger partial charge in [-0.05, 0) is 50.0 Å². The Morgan fingerprint density at radius 2 is 1.35 bits per heavy atom. The van der Waals surface area contributed by atoms with Gasteiger partial charge in [-0.1, -0.05) is 54.6 Å². The molecule has 0 saturated carbocycles. The van der Waals surface area contributed by atoms with Gasteiger partial charge in [0.2, 0.25) is 0 Å². The molecule has 4 aromatic carbocycles. The summed E-state index contributed by atoms with van der Waals surface area (Å²) in [6, 6.07) is 21.8. The first-order valence-corrected chi connectivity index (χ1v) is 8.59. The van der Waals surface area contributed by atoms with Crippen LogP contribution in [-0.4, -0.2) is 39.2 Å². The topological polar surface area (TPSA) is 80.9 Å². The van der Waals surface area contributed by atoms with Crippen molar-refractivity contribution in [3.63, 3.8) is 0 Å². The summed E-state index contributed by atoms with van der Waals surface area (Å²) in [7, 11) is 0. The number of hydrogen-bond donors (Lipinski definition) is 4. The fourth-order valence-corrected chi connectivity index (χ4v) is 3.58. The van der Waals surface area contributed by atoms with Gasteiger partial charge in [-0.15, -0.1) is 0 Å². The van der Waals surface area contributed by atoms with Crippen LogP contribution in [0.1, 0.15) is 11.7 Å². The molecular formula is C22H20O4. The quantitative estimate of drug-likeness (QED) is 0.338. The molecule has 0 aliphatic rings. The fraction of sp³-hybridized carbons (Fsp3) is 0.182. The van der Waals surface area contributed by atoms with E-state index in [1.807, 2.05) is 42.5 Å². The summed E-state index contributed by atoms with van der Waals surface area (Å²) in [4.78, 5) is 0. The van der Waals surface area contributed by atoms with Crippen molar-refractivity contribution in [2.75, 3.05) is 6.61 Å². The molecule has 0 radical (unpaired) electrons. The Kier molecular flexibility index (Phi) is 4.34. The number of hydrogen-bond acceptors (Lipinski definition) is 4. The molecular weight excluding hydrogens is 328 g/mol. The van der Waals surface area contributed by atoms with Gasteiger partial charge in [0.05, 0.1) is 6.61 Å². The average molecular weight is 348 g/mol. The Bertz CT molecular complexity index is 1090. The maximum absolute atomic E-state index is 10.6. The summed E-state index contributed by atoms with van der Waals surface area (Å²) in [6.45, 7) is -0.617. The van der Waals surface area contributed by atoms with Crippen molar-refractivity contribution >= 4 is 32.3 Å². The summed E-state index contributed by atoms with van der Waals surface area (Å²) < 4.78 is 0. The maximum Gasteiger partial charge on any atom is 0.112 e. The third kappa shape index (κ3) is 2.73. The van der Waals surface area contributed by atoms with E-state index >= 15 is 0 Å². The Hall–Kier alpha value is -2.50. The molecule has 0 aliphatic heterocycles. The van der Waals surface area contributed by atoms with E-state index in [0.29, 0.717) is 5.56 Å². The Morgan fingerprint density at radius 3 is 2.08 bits per heavy atom. The lowest BCUT2D eigenvalue weighted by Gasteiger charge is -2.23. The first-order valence-electron chi connectivity index (χ1n) is 8.59. The zero-order chi connectivity index (χ0) is 18.3. The van der Waals surface area contributed by atoms with Crippen molar-refractivity contribution in [1.29, 1.82) is 0 Å². The van der Waals surface area contributed by atoms with Crippen LogP contribution in [0.3, 0.4) is 0 Å². The second-order valence-electron chi connectivity index (χ2n) is 6.62. The van der Waals surface area contributed by atoms with Crippen molar-refractivity contribution in [3.8, 4) is 0 Å². The van der Waals surface area contributed by atoms with Crippen LogP contribution in [0, 0.1) is 0 Å². The van der Waals surface area contributed by atoms with Gasteiger partial charge >= 0.3 is 0 Å². The highest BCUT2D eigenvalue weighted by molar-refractivity contribution is 6.13. The molecule has 0 spiro atoms. The number of fused-ring (bicyclic) bond motifs is 4.